The lowest BCUT2D eigenvalue weighted by atomic mass is 10.0. The highest BCUT2D eigenvalue weighted by molar-refractivity contribution is 5.41. The van der Waals surface area contributed by atoms with Crippen molar-refractivity contribution in [2.45, 2.75) is 37.8 Å². The van der Waals surface area contributed by atoms with Crippen molar-refractivity contribution in [1.29, 1.82) is 0 Å². The number of rotatable bonds is 0. The van der Waals surface area contributed by atoms with Gasteiger partial charge >= 0.3 is 6.18 Å². The van der Waals surface area contributed by atoms with E-state index in [1.54, 1.807) is 6.07 Å². The highest BCUT2D eigenvalue weighted by Gasteiger charge is 2.39. The highest BCUT2D eigenvalue weighted by Crippen LogP contribution is 2.39. The molecule has 0 bridgehead atoms. The molecule has 1 aromatic carbocycles. The molecule has 1 N–H and O–H groups in total. The normalized spacial score (nSPS) is 31.0. The predicted octanol–water partition coefficient (Wildman–Crippen LogP) is 2.68. The van der Waals surface area contributed by atoms with Gasteiger partial charge < -0.3 is 10.1 Å². The van der Waals surface area contributed by atoms with Gasteiger partial charge in [-0.25, -0.2) is 0 Å². The molecule has 5 heteroatoms. The maximum Gasteiger partial charge on any atom is 0.416 e. The summed E-state index contributed by atoms with van der Waals surface area (Å²) in [6, 6.07) is 4.03. The second-order valence-corrected chi connectivity index (χ2v) is 4.99. The van der Waals surface area contributed by atoms with Crippen molar-refractivity contribution in [3.05, 3.63) is 34.9 Å². The molecule has 98 valence electrons. The number of hydrogen-bond acceptors (Lipinski definition) is 2. The molecule has 0 saturated carbocycles. The van der Waals surface area contributed by atoms with E-state index >= 15 is 0 Å². The van der Waals surface area contributed by atoms with Crippen molar-refractivity contribution >= 4 is 0 Å². The molecule has 1 heterocycles. The van der Waals surface area contributed by atoms with Crippen LogP contribution in [0.3, 0.4) is 0 Å². The van der Waals surface area contributed by atoms with E-state index in [0.717, 1.165) is 23.7 Å². The van der Waals surface area contributed by atoms with Gasteiger partial charge in [0.25, 0.3) is 0 Å². The number of hydrogen-bond donors (Lipinski definition) is 1. The Balaban J connectivity index is 1.93. The zero-order chi connectivity index (χ0) is 12.9. The summed E-state index contributed by atoms with van der Waals surface area (Å²) in [7, 11) is 0. The third kappa shape index (κ3) is 1.91. The van der Waals surface area contributed by atoms with Crippen molar-refractivity contribution in [3.63, 3.8) is 0 Å². The molecule has 0 unspecified atom stereocenters. The van der Waals surface area contributed by atoms with Crippen molar-refractivity contribution in [3.8, 4) is 0 Å². The molecule has 3 rings (SSSR count). The first-order chi connectivity index (χ1) is 8.45. The van der Waals surface area contributed by atoms with Crippen LogP contribution in [-0.2, 0) is 17.3 Å². The molecular weight excluding hydrogens is 243 g/mol. The summed E-state index contributed by atoms with van der Waals surface area (Å²) < 4.78 is 43.7. The van der Waals surface area contributed by atoms with Gasteiger partial charge in [0, 0.05) is 13.0 Å². The first-order valence-corrected chi connectivity index (χ1v) is 6.04. The van der Waals surface area contributed by atoms with Crippen LogP contribution in [0.4, 0.5) is 13.2 Å². The van der Waals surface area contributed by atoms with E-state index in [1.165, 1.54) is 6.07 Å². The van der Waals surface area contributed by atoms with Gasteiger partial charge in [-0.05, 0) is 30.2 Å². The average Bonchev–Trinajstić information content (AvgIpc) is 2.63. The molecule has 0 radical (unpaired) electrons. The van der Waals surface area contributed by atoms with Crippen molar-refractivity contribution in [2.75, 3.05) is 6.54 Å². The zero-order valence-corrected chi connectivity index (χ0v) is 9.92. The Morgan fingerprint density at radius 2 is 2.11 bits per heavy atom. The van der Waals surface area contributed by atoms with Crippen LogP contribution in [0, 0.1) is 0 Å². The first-order valence-electron chi connectivity index (χ1n) is 6.04. The molecule has 2 aliphatic rings. The van der Waals surface area contributed by atoms with Crippen LogP contribution in [0.15, 0.2) is 18.2 Å². The first kappa shape index (κ1) is 12.0. The molecule has 1 saturated heterocycles. The van der Waals surface area contributed by atoms with Crippen molar-refractivity contribution in [2.24, 2.45) is 0 Å². The highest BCUT2D eigenvalue weighted by atomic mass is 19.4. The SMILES string of the molecule is C[C@@H]1CN[C@H]2c3ccc(C(F)(F)F)cc3C[C@H]2O1. The molecule has 1 aromatic rings. The quantitative estimate of drug-likeness (QED) is 0.771. The van der Waals surface area contributed by atoms with Crippen molar-refractivity contribution < 1.29 is 17.9 Å². The number of alkyl halides is 3. The van der Waals surface area contributed by atoms with E-state index in [2.05, 4.69) is 5.32 Å². The fourth-order valence-electron chi connectivity index (χ4n) is 2.80. The molecule has 0 spiro atoms. The fourth-order valence-corrected chi connectivity index (χ4v) is 2.80. The Bertz CT molecular complexity index is 472. The number of nitrogens with one attached hydrogen (secondary N) is 1. The number of morpholine rings is 1. The summed E-state index contributed by atoms with van der Waals surface area (Å²) in [5.74, 6) is 0. The molecule has 0 amide bonds. The topological polar surface area (TPSA) is 21.3 Å². The third-order valence-electron chi connectivity index (χ3n) is 3.63. The van der Waals surface area contributed by atoms with Gasteiger partial charge in [0.2, 0.25) is 0 Å². The minimum absolute atomic E-state index is 0.0350. The molecule has 1 aliphatic carbocycles. The largest absolute Gasteiger partial charge is 0.416 e. The van der Waals surface area contributed by atoms with Crippen LogP contribution < -0.4 is 5.32 Å². The van der Waals surface area contributed by atoms with Gasteiger partial charge in [0.1, 0.15) is 0 Å². The summed E-state index contributed by atoms with van der Waals surface area (Å²) in [4.78, 5) is 0. The lowest BCUT2D eigenvalue weighted by molar-refractivity contribution is -0.137. The minimum Gasteiger partial charge on any atom is -0.372 e. The van der Waals surface area contributed by atoms with E-state index < -0.39 is 11.7 Å². The van der Waals surface area contributed by atoms with Crippen LogP contribution >= 0.6 is 0 Å². The Morgan fingerprint density at radius 1 is 1.33 bits per heavy atom. The summed E-state index contributed by atoms with van der Waals surface area (Å²) >= 11 is 0. The van der Waals surface area contributed by atoms with E-state index in [-0.39, 0.29) is 18.2 Å². The van der Waals surface area contributed by atoms with Gasteiger partial charge in [-0.1, -0.05) is 6.07 Å². The molecule has 1 aliphatic heterocycles. The van der Waals surface area contributed by atoms with Crippen molar-refractivity contribution in [1.82, 2.24) is 5.32 Å². The number of ether oxygens (including phenoxy) is 1. The lowest BCUT2D eigenvalue weighted by Crippen LogP contribution is -2.44. The Labute approximate surface area is 103 Å². The van der Waals surface area contributed by atoms with Crippen LogP contribution in [0.1, 0.15) is 29.7 Å². The number of halogens is 3. The molecule has 2 nitrogen and oxygen atoms in total. The van der Waals surface area contributed by atoms with Crippen LogP contribution in [-0.4, -0.2) is 18.8 Å². The number of fused-ring (bicyclic) bond motifs is 3. The smallest absolute Gasteiger partial charge is 0.372 e. The Morgan fingerprint density at radius 3 is 2.83 bits per heavy atom. The Hall–Kier alpha value is -1.07. The van der Waals surface area contributed by atoms with Gasteiger partial charge in [-0.2, -0.15) is 13.2 Å². The van der Waals surface area contributed by atoms with E-state index in [4.69, 9.17) is 4.74 Å². The lowest BCUT2D eigenvalue weighted by Gasteiger charge is -2.32. The van der Waals surface area contributed by atoms with Gasteiger partial charge in [0.05, 0.1) is 23.8 Å². The fraction of sp³-hybridized carbons (Fsp3) is 0.538. The zero-order valence-electron chi connectivity index (χ0n) is 9.92. The van der Waals surface area contributed by atoms with E-state index in [9.17, 15) is 13.2 Å². The Kier molecular flexibility index (Phi) is 2.64. The average molecular weight is 257 g/mol. The third-order valence-corrected chi connectivity index (χ3v) is 3.63. The van der Waals surface area contributed by atoms with E-state index in [1.807, 2.05) is 6.92 Å². The van der Waals surface area contributed by atoms with Gasteiger partial charge in [-0.15, -0.1) is 0 Å². The monoisotopic (exact) mass is 257 g/mol. The molecule has 0 aromatic heterocycles. The predicted molar refractivity (Wildman–Crippen MR) is 60.2 cm³/mol. The van der Waals surface area contributed by atoms with Crippen LogP contribution in [0.25, 0.3) is 0 Å². The van der Waals surface area contributed by atoms with Crippen LogP contribution in [0.2, 0.25) is 0 Å². The second-order valence-electron chi connectivity index (χ2n) is 4.99. The van der Waals surface area contributed by atoms with Crippen LogP contribution in [0.5, 0.6) is 0 Å². The minimum atomic E-state index is -4.27. The molecule has 18 heavy (non-hydrogen) atoms. The summed E-state index contributed by atoms with van der Waals surface area (Å²) in [6.07, 6.45) is -3.64. The summed E-state index contributed by atoms with van der Waals surface area (Å²) in [5.41, 5.74) is 1.12. The van der Waals surface area contributed by atoms with E-state index in [0.29, 0.717) is 6.42 Å². The molecular formula is C13H14F3NO. The van der Waals surface area contributed by atoms with Gasteiger partial charge in [0.15, 0.2) is 0 Å². The maximum atomic E-state index is 12.6. The second kappa shape index (κ2) is 3.96. The molecule has 1 fully saturated rings. The summed E-state index contributed by atoms with van der Waals surface area (Å²) in [5, 5.41) is 3.34. The number of benzene rings is 1. The molecule has 3 atom stereocenters. The summed E-state index contributed by atoms with van der Waals surface area (Å²) in [6.45, 7) is 2.70. The maximum absolute atomic E-state index is 12.6. The standard InChI is InChI=1S/C13H14F3NO/c1-7-6-17-12-10-3-2-9(13(14,15)16)4-8(10)5-11(12)18-7/h2-4,7,11-12,17H,5-6H2,1H3/t7-,11-,12+/m1/s1. The van der Waals surface area contributed by atoms with Gasteiger partial charge in [-0.3, -0.25) is 0 Å².